The summed E-state index contributed by atoms with van der Waals surface area (Å²) in [5.74, 6) is 0.710. The van der Waals surface area contributed by atoms with Crippen molar-refractivity contribution in [1.29, 1.82) is 0 Å². The molecule has 0 bridgehead atoms. The normalized spacial score (nSPS) is 14.9. The lowest BCUT2D eigenvalue weighted by Crippen LogP contribution is -2.05. The molecule has 2 aromatic carbocycles. The number of carbonyl (C=O) groups is 1. The first kappa shape index (κ1) is 15.8. The predicted octanol–water partition coefficient (Wildman–Crippen LogP) is 5.37. The van der Waals surface area contributed by atoms with E-state index in [0.29, 0.717) is 13.0 Å². The van der Waals surface area contributed by atoms with Gasteiger partial charge < -0.3 is 4.74 Å². The number of hydrogen-bond donors (Lipinski definition) is 0. The Bertz CT molecular complexity index is 705. The van der Waals surface area contributed by atoms with E-state index in [9.17, 15) is 4.79 Å². The molecule has 0 heterocycles. The zero-order chi connectivity index (χ0) is 16.1. The molecular weight excluding hydrogens is 284 g/mol. The van der Waals surface area contributed by atoms with Crippen molar-refractivity contribution in [3.63, 3.8) is 0 Å². The fourth-order valence-corrected chi connectivity index (χ4v) is 2.99. The molecule has 23 heavy (non-hydrogen) atoms. The molecule has 1 aliphatic carbocycles. The molecular formula is C21H24O2. The smallest absolute Gasteiger partial charge is 0.306 e. The van der Waals surface area contributed by atoms with E-state index in [4.69, 9.17) is 4.74 Å². The van der Waals surface area contributed by atoms with Crippen molar-refractivity contribution >= 4 is 22.3 Å². The van der Waals surface area contributed by atoms with E-state index in [2.05, 4.69) is 55.5 Å². The largest absolute Gasteiger partial charge is 0.461 e. The van der Waals surface area contributed by atoms with Gasteiger partial charge in [0.2, 0.25) is 0 Å². The van der Waals surface area contributed by atoms with Gasteiger partial charge in [0.05, 0.1) is 0 Å². The van der Waals surface area contributed by atoms with Gasteiger partial charge in [-0.15, -0.1) is 0 Å². The Morgan fingerprint density at radius 2 is 1.96 bits per heavy atom. The molecule has 2 heteroatoms. The van der Waals surface area contributed by atoms with Gasteiger partial charge >= 0.3 is 5.97 Å². The minimum absolute atomic E-state index is 0.0680. The zero-order valence-electron chi connectivity index (χ0n) is 13.8. The van der Waals surface area contributed by atoms with Gasteiger partial charge in [0.1, 0.15) is 6.61 Å². The minimum Gasteiger partial charge on any atom is -0.461 e. The number of fused-ring (bicyclic) bond motifs is 1. The third-order valence-corrected chi connectivity index (χ3v) is 4.54. The molecule has 1 fully saturated rings. The Morgan fingerprint density at radius 3 is 2.74 bits per heavy atom. The molecule has 0 aromatic heterocycles. The van der Waals surface area contributed by atoms with Crippen LogP contribution in [-0.4, -0.2) is 12.6 Å². The molecule has 0 unspecified atom stereocenters. The Hall–Kier alpha value is -2.09. The average Bonchev–Trinajstić information content (AvgIpc) is 3.41. The quantitative estimate of drug-likeness (QED) is 0.643. The first-order valence-electron chi connectivity index (χ1n) is 8.60. The van der Waals surface area contributed by atoms with E-state index in [1.807, 2.05) is 0 Å². The predicted molar refractivity (Wildman–Crippen MR) is 95.1 cm³/mol. The third kappa shape index (κ3) is 4.22. The summed E-state index contributed by atoms with van der Waals surface area (Å²) >= 11 is 0. The summed E-state index contributed by atoms with van der Waals surface area (Å²) in [6.07, 6.45) is 7.10. The van der Waals surface area contributed by atoms with Crippen molar-refractivity contribution in [2.24, 2.45) is 5.92 Å². The van der Waals surface area contributed by atoms with E-state index in [1.54, 1.807) is 0 Å². The molecule has 0 radical (unpaired) electrons. The van der Waals surface area contributed by atoms with E-state index >= 15 is 0 Å². The lowest BCUT2D eigenvalue weighted by Gasteiger charge is -2.10. The fourth-order valence-electron chi connectivity index (χ4n) is 2.99. The summed E-state index contributed by atoms with van der Waals surface area (Å²) in [6.45, 7) is 2.51. The molecule has 0 aliphatic heterocycles. The SMILES string of the molecule is CCC(=CCOC(=O)CCC1CC1)c1cccc2ccccc12. The minimum atomic E-state index is -0.0680. The van der Waals surface area contributed by atoms with E-state index in [-0.39, 0.29) is 5.97 Å². The van der Waals surface area contributed by atoms with Crippen molar-refractivity contribution in [3.05, 3.63) is 54.1 Å². The summed E-state index contributed by atoms with van der Waals surface area (Å²) in [5, 5.41) is 2.49. The summed E-state index contributed by atoms with van der Waals surface area (Å²) in [4.78, 5) is 11.7. The molecule has 0 spiro atoms. The van der Waals surface area contributed by atoms with Gasteiger partial charge in [0.25, 0.3) is 0 Å². The van der Waals surface area contributed by atoms with Crippen LogP contribution in [-0.2, 0) is 9.53 Å². The molecule has 2 nitrogen and oxygen atoms in total. The first-order valence-corrected chi connectivity index (χ1v) is 8.60. The van der Waals surface area contributed by atoms with Crippen molar-refractivity contribution in [2.75, 3.05) is 6.61 Å². The summed E-state index contributed by atoms with van der Waals surface area (Å²) in [7, 11) is 0. The first-order chi connectivity index (χ1) is 11.3. The summed E-state index contributed by atoms with van der Waals surface area (Å²) in [6, 6.07) is 14.8. The number of hydrogen-bond acceptors (Lipinski definition) is 2. The highest BCUT2D eigenvalue weighted by Gasteiger charge is 2.22. The molecule has 0 amide bonds. The maximum Gasteiger partial charge on any atom is 0.306 e. The van der Waals surface area contributed by atoms with Crippen molar-refractivity contribution in [1.82, 2.24) is 0 Å². The number of ether oxygens (including phenoxy) is 1. The molecule has 0 N–H and O–H groups in total. The topological polar surface area (TPSA) is 26.3 Å². The number of allylic oxidation sites excluding steroid dienone is 1. The van der Waals surface area contributed by atoms with Crippen molar-refractivity contribution < 1.29 is 9.53 Å². The number of benzene rings is 2. The fraction of sp³-hybridized carbons (Fsp3) is 0.381. The summed E-state index contributed by atoms with van der Waals surface area (Å²) in [5.41, 5.74) is 2.47. The van der Waals surface area contributed by atoms with Crippen LogP contribution in [0, 0.1) is 5.92 Å². The highest BCUT2D eigenvalue weighted by Crippen LogP contribution is 2.33. The number of esters is 1. The second-order valence-electron chi connectivity index (χ2n) is 6.27. The van der Waals surface area contributed by atoms with Crippen LogP contribution in [0.15, 0.2) is 48.5 Å². The molecule has 120 valence electrons. The van der Waals surface area contributed by atoms with Crippen LogP contribution in [0.1, 0.15) is 44.6 Å². The van der Waals surface area contributed by atoms with Crippen molar-refractivity contribution in [3.8, 4) is 0 Å². The van der Waals surface area contributed by atoms with E-state index in [1.165, 1.54) is 34.8 Å². The third-order valence-electron chi connectivity index (χ3n) is 4.54. The van der Waals surface area contributed by atoms with Gasteiger partial charge in [0.15, 0.2) is 0 Å². The van der Waals surface area contributed by atoms with Gasteiger partial charge in [-0.1, -0.05) is 62.2 Å². The molecule has 1 saturated carbocycles. The van der Waals surface area contributed by atoms with Crippen LogP contribution in [0.25, 0.3) is 16.3 Å². The van der Waals surface area contributed by atoms with Gasteiger partial charge in [-0.3, -0.25) is 4.79 Å². The lowest BCUT2D eigenvalue weighted by atomic mass is 9.96. The maximum atomic E-state index is 11.7. The zero-order valence-corrected chi connectivity index (χ0v) is 13.8. The second-order valence-corrected chi connectivity index (χ2v) is 6.27. The van der Waals surface area contributed by atoms with Gasteiger partial charge in [-0.05, 0) is 46.7 Å². The van der Waals surface area contributed by atoms with Crippen LogP contribution >= 0.6 is 0 Å². The van der Waals surface area contributed by atoms with Crippen LogP contribution in [0.2, 0.25) is 0 Å². The number of rotatable bonds is 7. The Balaban J connectivity index is 1.66. The summed E-state index contributed by atoms with van der Waals surface area (Å²) < 4.78 is 5.37. The van der Waals surface area contributed by atoms with Crippen LogP contribution in [0.5, 0.6) is 0 Å². The van der Waals surface area contributed by atoms with E-state index < -0.39 is 0 Å². The highest BCUT2D eigenvalue weighted by molar-refractivity contribution is 5.93. The monoisotopic (exact) mass is 308 g/mol. The van der Waals surface area contributed by atoms with Gasteiger partial charge in [-0.25, -0.2) is 0 Å². The highest BCUT2D eigenvalue weighted by atomic mass is 16.5. The lowest BCUT2D eigenvalue weighted by molar-refractivity contribution is -0.142. The van der Waals surface area contributed by atoms with Crippen molar-refractivity contribution in [2.45, 2.75) is 39.0 Å². The molecule has 3 rings (SSSR count). The Labute approximate surface area is 138 Å². The van der Waals surface area contributed by atoms with E-state index in [0.717, 1.165) is 18.8 Å². The van der Waals surface area contributed by atoms with Gasteiger partial charge in [-0.2, -0.15) is 0 Å². The Morgan fingerprint density at radius 1 is 1.17 bits per heavy atom. The molecule has 0 atom stereocenters. The van der Waals surface area contributed by atoms with Crippen LogP contribution in [0.3, 0.4) is 0 Å². The van der Waals surface area contributed by atoms with Gasteiger partial charge in [0, 0.05) is 6.42 Å². The molecule has 0 saturated heterocycles. The average molecular weight is 308 g/mol. The maximum absolute atomic E-state index is 11.7. The van der Waals surface area contributed by atoms with Crippen LogP contribution in [0.4, 0.5) is 0 Å². The Kier molecular flexibility index (Phi) is 5.12. The molecule has 1 aliphatic rings. The molecule has 2 aromatic rings. The standard InChI is InChI=1S/C21H24O2/c1-2-17(14-15-23-21(22)13-12-16-10-11-16)19-9-5-7-18-6-3-4-8-20(18)19/h3-9,14,16H,2,10-13,15H2,1H3. The second kappa shape index (κ2) is 7.45. The number of carbonyl (C=O) groups excluding carboxylic acids is 1. The van der Waals surface area contributed by atoms with Crippen LogP contribution < -0.4 is 0 Å².